The molecule has 4 nitrogen and oxygen atoms in total. The van der Waals surface area contributed by atoms with Crippen LogP contribution in [-0.2, 0) is 11.3 Å². The molecule has 0 amide bonds. The smallest absolute Gasteiger partial charge is 0.330 e. The van der Waals surface area contributed by atoms with E-state index in [1.165, 1.54) is 6.20 Å². The van der Waals surface area contributed by atoms with Crippen molar-refractivity contribution >= 4 is 21.7 Å². The molecule has 0 aliphatic carbocycles. The van der Waals surface area contributed by atoms with Crippen LogP contribution in [0.25, 0.3) is 0 Å². The van der Waals surface area contributed by atoms with Crippen LogP contribution in [-0.4, -0.2) is 28.9 Å². The van der Waals surface area contributed by atoms with E-state index in [2.05, 4.69) is 30.6 Å². The topological polar surface area (TPSA) is 61.0 Å². The van der Waals surface area contributed by atoms with Crippen molar-refractivity contribution in [2.45, 2.75) is 19.0 Å². The summed E-state index contributed by atoms with van der Waals surface area (Å²) < 4.78 is 53.3. The third-order valence-electron chi connectivity index (χ3n) is 1.67. The Morgan fingerprint density at radius 2 is 2.12 bits per heavy atom. The fraction of sp³-hybridized carbons (Fsp3) is 0.500. The van der Waals surface area contributed by atoms with Gasteiger partial charge in [0.15, 0.2) is 5.82 Å². The maximum atomic E-state index is 12.4. The summed E-state index contributed by atoms with van der Waals surface area (Å²) in [5.41, 5.74) is 5.40. The minimum absolute atomic E-state index is 0.0377. The van der Waals surface area contributed by atoms with E-state index in [9.17, 15) is 17.6 Å². The van der Waals surface area contributed by atoms with Gasteiger partial charge in [-0.15, -0.1) is 0 Å². The Kier molecular flexibility index (Phi) is 4.63. The summed E-state index contributed by atoms with van der Waals surface area (Å²) in [6, 6.07) is 0. The number of aromatic nitrogens is 2. The quantitative estimate of drug-likeness (QED) is 0.846. The highest BCUT2D eigenvalue weighted by Crippen LogP contribution is 2.23. The number of alkyl halides is 4. The highest BCUT2D eigenvalue weighted by molar-refractivity contribution is 9.10. The summed E-state index contributed by atoms with van der Waals surface area (Å²) in [5, 5.41) is 0. The third-order valence-corrected chi connectivity index (χ3v) is 2.28. The molecule has 1 aromatic rings. The molecule has 9 heteroatoms. The van der Waals surface area contributed by atoms with Crippen molar-refractivity contribution in [3.63, 3.8) is 0 Å². The Labute approximate surface area is 102 Å². The van der Waals surface area contributed by atoms with E-state index in [1.54, 1.807) is 0 Å². The van der Waals surface area contributed by atoms with E-state index < -0.39 is 25.6 Å². The number of anilines is 1. The summed E-state index contributed by atoms with van der Waals surface area (Å²) in [6.07, 6.45) is -2.45. The first-order chi connectivity index (χ1) is 7.83. The predicted octanol–water partition coefficient (Wildman–Crippen LogP) is 2.24. The number of ether oxygens (including phenoxy) is 1. The Morgan fingerprint density at radius 3 is 2.65 bits per heavy atom. The highest BCUT2D eigenvalue weighted by Gasteiger charge is 2.40. The van der Waals surface area contributed by atoms with Crippen molar-refractivity contribution in [1.29, 1.82) is 0 Å². The van der Waals surface area contributed by atoms with Gasteiger partial charge in [0.1, 0.15) is 19.0 Å². The monoisotopic (exact) mass is 317 g/mol. The van der Waals surface area contributed by atoms with Gasteiger partial charge in [-0.3, -0.25) is 0 Å². The number of hydrogen-bond donors (Lipinski definition) is 1. The van der Waals surface area contributed by atoms with Crippen LogP contribution in [0, 0.1) is 0 Å². The maximum Gasteiger partial charge on any atom is 0.330 e. The Bertz CT molecular complexity index is 391. The molecular weight excluding hydrogens is 310 g/mol. The van der Waals surface area contributed by atoms with Crippen molar-refractivity contribution in [2.24, 2.45) is 0 Å². The lowest BCUT2D eigenvalue weighted by atomic mass is 10.4. The first-order valence-electron chi connectivity index (χ1n) is 4.33. The van der Waals surface area contributed by atoms with Crippen molar-refractivity contribution < 1.29 is 22.3 Å². The van der Waals surface area contributed by atoms with Crippen LogP contribution in [0.4, 0.5) is 23.4 Å². The highest BCUT2D eigenvalue weighted by atomic mass is 79.9. The average molecular weight is 318 g/mol. The molecule has 0 radical (unpaired) electrons. The van der Waals surface area contributed by atoms with Crippen LogP contribution < -0.4 is 5.73 Å². The lowest BCUT2D eigenvalue weighted by Gasteiger charge is -2.14. The third kappa shape index (κ3) is 4.08. The zero-order valence-electron chi connectivity index (χ0n) is 8.34. The molecule has 0 spiro atoms. The number of rotatable bonds is 5. The Hall–Kier alpha value is -0.960. The van der Waals surface area contributed by atoms with Gasteiger partial charge >= 0.3 is 12.3 Å². The van der Waals surface area contributed by atoms with Crippen LogP contribution in [0.2, 0.25) is 0 Å². The standard InChI is InChI=1S/C8H8BrF4N3O/c9-4-1-15-5(16-6(4)14)2-17-3-8(12,13)7(10)11/h1,7H,2-3H2,(H2,14,15,16). The second kappa shape index (κ2) is 5.58. The minimum Gasteiger partial charge on any atom is -0.383 e. The maximum absolute atomic E-state index is 12.4. The summed E-state index contributed by atoms with van der Waals surface area (Å²) in [5.74, 6) is -4.03. The number of hydrogen-bond acceptors (Lipinski definition) is 4. The molecule has 0 unspecified atom stereocenters. The molecule has 0 atom stereocenters. The van der Waals surface area contributed by atoms with Gasteiger partial charge in [-0.2, -0.15) is 8.78 Å². The largest absolute Gasteiger partial charge is 0.383 e. The summed E-state index contributed by atoms with van der Waals surface area (Å²) >= 11 is 3.04. The minimum atomic E-state index is -4.18. The van der Waals surface area contributed by atoms with Gasteiger partial charge in [0.25, 0.3) is 0 Å². The van der Waals surface area contributed by atoms with E-state index in [0.717, 1.165) is 0 Å². The van der Waals surface area contributed by atoms with Crippen molar-refractivity contribution in [2.75, 3.05) is 12.3 Å². The van der Waals surface area contributed by atoms with Crippen molar-refractivity contribution in [3.8, 4) is 0 Å². The van der Waals surface area contributed by atoms with Gasteiger partial charge in [-0.1, -0.05) is 0 Å². The molecule has 0 bridgehead atoms. The normalized spacial score (nSPS) is 12.1. The lowest BCUT2D eigenvalue weighted by molar-refractivity contribution is -0.168. The second-order valence-corrected chi connectivity index (χ2v) is 3.93. The van der Waals surface area contributed by atoms with Crippen LogP contribution in [0.5, 0.6) is 0 Å². The van der Waals surface area contributed by atoms with Gasteiger partial charge < -0.3 is 10.5 Å². The van der Waals surface area contributed by atoms with E-state index >= 15 is 0 Å². The fourth-order valence-electron chi connectivity index (χ4n) is 0.830. The molecule has 0 saturated carbocycles. The molecule has 0 saturated heterocycles. The molecule has 96 valence electrons. The molecule has 1 aromatic heterocycles. The van der Waals surface area contributed by atoms with Crippen molar-refractivity contribution in [3.05, 3.63) is 16.5 Å². The number of nitrogen functional groups attached to an aromatic ring is 1. The van der Waals surface area contributed by atoms with Gasteiger partial charge in [0, 0.05) is 6.20 Å². The van der Waals surface area contributed by atoms with Crippen LogP contribution in [0.15, 0.2) is 10.7 Å². The zero-order valence-corrected chi connectivity index (χ0v) is 9.92. The summed E-state index contributed by atoms with van der Waals surface area (Å²) in [7, 11) is 0. The van der Waals surface area contributed by atoms with E-state index in [0.29, 0.717) is 4.47 Å². The van der Waals surface area contributed by atoms with Crippen LogP contribution in [0.1, 0.15) is 5.82 Å². The number of nitrogens with zero attached hydrogens (tertiary/aromatic N) is 2. The predicted molar refractivity (Wildman–Crippen MR) is 54.8 cm³/mol. The molecular formula is C8H8BrF4N3O. The summed E-state index contributed by atoms with van der Waals surface area (Å²) in [6.45, 7) is -1.82. The Morgan fingerprint density at radius 1 is 1.47 bits per heavy atom. The molecule has 1 rings (SSSR count). The SMILES string of the molecule is Nc1nc(COCC(F)(F)C(F)F)ncc1Br. The van der Waals surface area contributed by atoms with Crippen LogP contribution >= 0.6 is 15.9 Å². The van der Waals surface area contributed by atoms with E-state index in [-0.39, 0.29) is 11.6 Å². The van der Waals surface area contributed by atoms with Gasteiger partial charge in [0.2, 0.25) is 0 Å². The first kappa shape index (κ1) is 14.1. The molecule has 0 aromatic carbocycles. The molecule has 0 aliphatic heterocycles. The van der Waals surface area contributed by atoms with Crippen LogP contribution in [0.3, 0.4) is 0 Å². The van der Waals surface area contributed by atoms with E-state index in [1.807, 2.05) is 0 Å². The fourth-order valence-corrected chi connectivity index (χ4v) is 1.02. The average Bonchev–Trinajstić information content (AvgIpc) is 2.23. The molecule has 17 heavy (non-hydrogen) atoms. The zero-order chi connectivity index (χ0) is 13.1. The van der Waals surface area contributed by atoms with Gasteiger partial charge in [-0.05, 0) is 15.9 Å². The van der Waals surface area contributed by atoms with Crippen molar-refractivity contribution in [1.82, 2.24) is 9.97 Å². The van der Waals surface area contributed by atoms with Gasteiger partial charge in [0.05, 0.1) is 4.47 Å². The number of halogens is 5. The molecule has 1 heterocycles. The molecule has 0 fully saturated rings. The summed E-state index contributed by atoms with van der Waals surface area (Å²) in [4.78, 5) is 7.41. The molecule has 2 N–H and O–H groups in total. The second-order valence-electron chi connectivity index (χ2n) is 3.07. The first-order valence-corrected chi connectivity index (χ1v) is 5.13. The van der Waals surface area contributed by atoms with E-state index in [4.69, 9.17) is 5.73 Å². The van der Waals surface area contributed by atoms with Gasteiger partial charge in [-0.25, -0.2) is 18.7 Å². The number of nitrogens with two attached hydrogens (primary N) is 1. The molecule has 0 aliphatic rings. The lowest BCUT2D eigenvalue weighted by Crippen LogP contribution is -2.32. The Balaban J connectivity index is 2.49.